The van der Waals surface area contributed by atoms with Gasteiger partial charge in [0.1, 0.15) is 5.75 Å². The van der Waals surface area contributed by atoms with E-state index in [0.29, 0.717) is 21.2 Å². The summed E-state index contributed by atoms with van der Waals surface area (Å²) in [5.41, 5.74) is 7.23. The lowest BCUT2D eigenvalue weighted by molar-refractivity contribution is -0.119. The molecular formula is C22H17N3O4S2. The largest absolute Gasteiger partial charge is 0.508 e. The van der Waals surface area contributed by atoms with Gasteiger partial charge in [-0.05, 0) is 71.9 Å². The first-order valence-corrected chi connectivity index (χ1v) is 11.4. The van der Waals surface area contributed by atoms with Crippen molar-refractivity contribution in [2.24, 2.45) is 4.99 Å². The number of benzene rings is 3. The molecule has 0 bridgehead atoms. The number of aromatic hydroxyl groups is 1. The molecule has 3 aromatic rings. The Balaban J connectivity index is 1.81. The number of nitrogen functional groups attached to an aromatic ring is 1. The van der Waals surface area contributed by atoms with Gasteiger partial charge >= 0.3 is 0 Å². The molecule has 0 atom stereocenters. The van der Waals surface area contributed by atoms with Crippen LogP contribution in [0.15, 0.2) is 93.7 Å². The number of anilines is 1. The number of nitrogens with two attached hydrogens (primary N) is 1. The van der Waals surface area contributed by atoms with Crippen molar-refractivity contribution in [3.05, 3.63) is 89.3 Å². The molecule has 1 aliphatic rings. The number of hydrogen-bond acceptors (Lipinski definition) is 7. The monoisotopic (exact) mass is 451 g/mol. The van der Waals surface area contributed by atoms with Crippen LogP contribution in [0.25, 0.3) is 6.08 Å². The summed E-state index contributed by atoms with van der Waals surface area (Å²) in [6.07, 6.45) is 1.56. The summed E-state index contributed by atoms with van der Waals surface area (Å²) in [5, 5.41) is 9.49. The van der Waals surface area contributed by atoms with Crippen LogP contribution >= 0.6 is 11.8 Å². The van der Waals surface area contributed by atoms with E-state index in [2.05, 4.69) is 4.99 Å². The van der Waals surface area contributed by atoms with Gasteiger partial charge in [-0.3, -0.25) is 4.79 Å². The summed E-state index contributed by atoms with van der Waals surface area (Å²) in [6, 6.07) is 20.6. The SMILES string of the molecule is Nc1ccc(S(=O)(=O)N2C(=O)C(=Cc3ccc(O)cc3)SC2=Nc2ccccc2)cc1. The second-order valence-electron chi connectivity index (χ2n) is 6.58. The van der Waals surface area contributed by atoms with Gasteiger partial charge < -0.3 is 10.8 Å². The third-order valence-corrected chi connectivity index (χ3v) is 7.13. The van der Waals surface area contributed by atoms with Crippen molar-refractivity contribution in [2.75, 3.05) is 5.73 Å². The van der Waals surface area contributed by atoms with Gasteiger partial charge in [0.15, 0.2) is 5.17 Å². The maximum atomic E-state index is 13.3. The topological polar surface area (TPSA) is 113 Å². The highest BCUT2D eigenvalue weighted by atomic mass is 32.2. The van der Waals surface area contributed by atoms with Crippen molar-refractivity contribution in [2.45, 2.75) is 4.90 Å². The second kappa shape index (κ2) is 8.29. The Morgan fingerprint density at radius 2 is 1.58 bits per heavy atom. The number of carbonyl (C=O) groups is 1. The molecular weight excluding hydrogens is 434 g/mol. The molecule has 0 saturated carbocycles. The van der Waals surface area contributed by atoms with Crippen molar-refractivity contribution >= 4 is 50.3 Å². The molecule has 156 valence electrons. The maximum absolute atomic E-state index is 13.3. The smallest absolute Gasteiger partial charge is 0.280 e. The van der Waals surface area contributed by atoms with E-state index in [4.69, 9.17) is 5.73 Å². The number of nitrogens with zero attached hydrogens (tertiary/aromatic N) is 2. The molecule has 1 aliphatic heterocycles. The van der Waals surface area contributed by atoms with E-state index in [0.717, 1.165) is 11.8 Å². The van der Waals surface area contributed by atoms with E-state index < -0.39 is 15.9 Å². The van der Waals surface area contributed by atoms with E-state index in [1.165, 1.54) is 36.4 Å². The molecule has 0 aliphatic carbocycles. The summed E-state index contributed by atoms with van der Waals surface area (Å²) in [6.45, 7) is 0. The molecule has 0 unspecified atom stereocenters. The van der Waals surface area contributed by atoms with Gasteiger partial charge in [-0.15, -0.1) is 0 Å². The lowest BCUT2D eigenvalue weighted by atomic mass is 10.2. The van der Waals surface area contributed by atoms with Gasteiger partial charge in [0.05, 0.1) is 15.5 Å². The number of phenols is 1. The van der Waals surface area contributed by atoms with E-state index in [1.807, 2.05) is 6.07 Å². The fourth-order valence-electron chi connectivity index (χ4n) is 2.82. The molecule has 0 spiro atoms. The molecule has 7 nitrogen and oxygen atoms in total. The molecule has 31 heavy (non-hydrogen) atoms. The van der Waals surface area contributed by atoms with Crippen molar-refractivity contribution in [1.82, 2.24) is 4.31 Å². The predicted octanol–water partition coefficient (Wildman–Crippen LogP) is 3.97. The Kier molecular flexibility index (Phi) is 5.53. The average Bonchev–Trinajstić information content (AvgIpc) is 3.06. The molecule has 0 radical (unpaired) electrons. The number of aliphatic imine (C=N–C) groups is 1. The summed E-state index contributed by atoms with van der Waals surface area (Å²) in [4.78, 5) is 17.7. The Morgan fingerprint density at radius 3 is 2.23 bits per heavy atom. The maximum Gasteiger partial charge on any atom is 0.280 e. The van der Waals surface area contributed by atoms with Crippen LogP contribution in [0.3, 0.4) is 0 Å². The Labute approximate surface area is 183 Å². The fourth-order valence-corrected chi connectivity index (χ4v) is 5.43. The van der Waals surface area contributed by atoms with E-state index in [1.54, 1.807) is 42.5 Å². The van der Waals surface area contributed by atoms with Crippen LogP contribution in [0.1, 0.15) is 5.56 Å². The minimum absolute atomic E-state index is 0.0260. The van der Waals surface area contributed by atoms with Gasteiger partial charge in [0, 0.05) is 5.69 Å². The van der Waals surface area contributed by atoms with Gasteiger partial charge in [-0.2, -0.15) is 4.31 Å². The molecule has 9 heteroatoms. The summed E-state index contributed by atoms with van der Waals surface area (Å²) in [7, 11) is -4.21. The predicted molar refractivity (Wildman–Crippen MR) is 122 cm³/mol. The normalized spacial score (nSPS) is 16.9. The number of rotatable bonds is 4. The van der Waals surface area contributed by atoms with Crippen LogP contribution < -0.4 is 5.73 Å². The van der Waals surface area contributed by atoms with Crippen LogP contribution in [-0.4, -0.2) is 28.9 Å². The third-order valence-electron chi connectivity index (χ3n) is 4.36. The lowest BCUT2D eigenvalue weighted by Gasteiger charge is -2.16. The molecule has 3 aromatic carbocycles. The van der Waals surface area contributed by atoms with Crippen LogP contribution in [-0.2, 0) is 14.8 Å². The fraction of sp³-hybridized carbons (Fsp3) is 0. The number of sulfonamides is 1. The first-order valence-electron chi connectivity index (χ1n) is 9.12. The summed E-state index contributed by atoms with van der Waals surface area (Å²) in [5.74, 6) is -0.615. The van der Waals surface area contributed by atoms with E-state index >= 15 is 0 Å². The minimum Gasteiger partial charge on any atom is -0.508 e. The number of amidine groups is 1. The van der Waals surface area contributed by atoms with Crippen LogP contribution in [0, 0.1) is 0 Å². The highest BCUT2D eigenvalue weighted by molar-refractivity contribution is 8.20. The standard InChI is InChI=1S/C22H17N3O4S2/c23-16-8-12-19(13-9-16)31(28,29)25-21(27)20(14-15-6-10-18(26)11-7-15)30-22(25)24-17-4-2-1-3-5-17/h1-14,26H,23H2. The molecule has 0 aromatic heterocycles. The van der Waals surface area contributed by atoms with Crippen LogP contribution in [0.2, 0.25) is 0 Å². The lowest BCUT2D eigenvalue weighted by Crippen LogP contribution is -2.35. The van der Waals surface area contributed by atoms with Gasteiger partial charge in [0.2, 0.25) is 0 Å². The average molecular weight is 452 g/mol. The quantitative estimate of drug-likeness (QED) is 0.458. The summed E-state index contributed by atoms with van der Waals surface area (Å²) >= 11 is 0.967. The van der Waals surface area contributed by atoms with E-state index in [-0.39, 0.29) is 20.7 Å². The van der Waals surface area contributed by atoms with Crippen LogP contribution in [0.4, 0.5) is 11.4 Å². The molecule has 1 heterocycles. The van der Waals surface area contributed by atoms with Crippen molar-refractivity contribution in [1.29, 1.82) is 0 Å². The molecule has 3 N–H and O–H groups in total. The number of amides is 1. The molecule has 1 saturated heterocycles. The Bertz CT molecular complexity index is 1280. The zero-order valence-electron chi connectivity index (χ0n) is 16.0. The number of hydrogen-bond donors (Lipinski definition) is 2. The highest BCUT2D eigenvalue weighted by Gasteiger charge is 2.42. The van der Waals surface area contributed by atoms with Crippen molar-refractivity contribution in [3.8, 4) is 5.75 Å². The zero-order chi connectivity index (χ0) is 22.0. The first kappa shape index (κ1) is 20.7. The third kappa shape index (κ3) is 4.32. The molecule has 1 amide bonds. The molecule has 4 rings (SSSR count). The van der Waals surface area contributed by atoms with Gasteiger partial charge in [0.25, 0.3) is 15.9 Å². The van der Waals surface area contributed by atoms with Gasteiger partial charge in [-0.25, -0.2) is 13.4 Å². The first-order chi connectivity index (χ1) is 14.8. The Morgan fingerprint density at radius 1 is 0.935 bits per heavy atom. The number of carbonyl (C=O) groups excluding carboxylic acids is 1. The second-order valence-corrected chi connectivity index (χ2v) is 9.37. The van der Waals surface area contributed by atoms with E-state index in [9.17, 15) is 18.3 Å². The molecule has 1 fully saturated rings. The zero-order valence-corrected chi connectivity index (χ0v) is 17.7. The highest BCUT2D eigenvalue weighted by Crippen LogP contribution is 2.37. The number of phenolic OH excluding ortho intramolecular Hbond substituents is 1. The minimum atomic E-state index is -4.21. The summed E-state index contributed by atoms with van der Waals surface area (Å²) < 4.78 is 27.3. The van der Waals surface area contributed by atoms with Crippen LogP contribution in [0.5, 0.6) is 5.75 Å². The Hall–Kier alpha value is -3.56. The van der Waals surface area contributed by atoms with Crippen molar-refractivity contribution < 1.29 is 18.3 Å². The van der Waals surface area contributed by atoms with Crippen molar-refractivity contribution in [3.63, 3.8) is 0 Å². The number of thioether (sulfide) groups is 1. The number of para-hydroxylation sites is 1. The van der Waals surface area contributed by atoms with Gasteiger partial charge in [-0.1, -0.05) is 30.3 Å².